The summed E-state index contributed by atoms with van der Waals surface area (Å²) in [5.74, 6) is 0.880. The van der Waals surface area contributed by atoms with Crippen LogP contribution in [0.25, 0.3) is 0 Å². The van der Waals surface area contributed by atoms with E-state index in [1.807, 2.05) is 0 Å². The molecule has 38 valence electrons. The molecule has 0 spiro atoms. The molecule has 0 amide bonds. The molecule has 0 aromatic heterocycles. The van der Waals surface area contributed by atoms with E-state index in [1.165, 1.54) is 13.0 Å². The zero-order valence-electron chi connectivity index (χ0n) is 4.22. The summed E-state index contributed by atoms with van der Waals surface area (Å²) in [7, 11) is 0. The summed E-state index contributed by atoms with van der Waals surface area (Å²) < 4.78 is 0. The van der Waals surface area contributed by atoms with Crippen LogP contribution in [-0.2, 0) is 0 Å². The van der Waals surface area contributed by atoms with Crippen molar-refractivity contribution in [2.75, 3.05) is 6.54 Å². The van der Waals surface area contributed by atoms with Crippen LogP contribution in [0.15, 0.2) is 12.2 Å². The number of rotatable bonds is 0. The van der Waals surface area contributed by atoms with Gasteiger partial charge in [-0.05, 0) is 12.3 Å². The Morgan fingerprint density at radius 3 is 2.57 bits per heavy atom. The Labute approximate surface area is 43.4 Å². The topological polar surface area (TPSA) is 12.0 Å². The summed E-state index contributed by atoms with van der Waals surface area (Å²) in [4.78, 5) is 0. The van der Waals surface area contributed by atoms with E-state index in [9.17, 15) is 0 Å². The highest BCUT2D eigenvalue weighted by Crippen LogP contribution is 2.22. The quantitative estimate of drug-likeness (QED) is 0.433. The van der Waals surface area contributed by atoms with E-state index in [4.69, 9.17) is 0 Å². The number of nitrogens with one attached hydrogen (secondary N) is 1. The Bertz CT molecular complexity index is 94.7. The normalized spacial score (nSPS) is 45.7. The van der Waals surface area contributed by atoms with Crippen LogP contribution in [0.2, 0.25) is 0 Å². The van der Waals surface area contributed by atoms with Crippen LogP contribution in [0.3, 0.4) is 0 Å². The first-order valence-corrected chi connectivity index (χ1v) is 2.87. The van der Waals surface area contributed by atoms with Gasteiger partial charge in [0.1, 0.15) is 0 Å². The highest BCUT2D eigenvalue weighted by atomic mass is 15.0. The molecule has 2 aliphatic rings. The summed E-state index contributed by atoms with van der Waals surface area (Å²) in [5, 5.41) is 3.37. The van der Waals surface area contributed by atoms with Crippen LogP contribution < -0.4 is 5.32 Å². The molecule has 1 nitrogen and oxygen atoms in total. The molecule has 0 unspecified atom stereocenters. The minimum absolute atomic E-state index is 0.741. The van der Waals surface area contributed by atoms with Gasteiger partial charge in [0, 0.05) is 12.6 Å². The molecule has 1 heterocycles. The van der Waals surface area contributed by atoms with Gasteiger partial charge >= 0.3 is 0 Å². The minimum Gasteiger partial charge on any atom is -0.310 e. The van der Waals surface area contributed by atoms with Crippen molar-refractivity contribution in [1.29, 1.82) is 0 Å². The predicted octanol–water partition coefficient (Wildman–Crippen LogP) is 0.534. The molecule has 1 aliphatic heterocycles. The highest BCUT2D eigenvalue weighted by molar-refractivity contribution is 5.11. The van der Waals surface area contributed by atoms with Gasteiger partial charge in [0.05, 0.1) is 0 Å². The fourth-order valence-electron chi connectivity index (χ4n) is 1.38. The monoisotopic (exact) mass is 95.1 g/mol. The lowest BCUT2D eigenvalue weighted by atomic mass is 10.2. The van der Waals surface area contributed by atoms with Crippen molar-refractivity contribution >= 4 is 0 Å². The first kappa shape index (κ1) is 3.67. The van der Waals surface area contributed by atoms with Crippen LogP contribution >= 0.6 is 0 Å². The SMILES string of the molecule is C1=C[C@H]2C[C@H]1CN2. The van der Waals surface area contributed by atoms with Crippen molar-refractivity contribution < 1.29 is 0 Å². The standard InChI is InChI=1S/C6H9N/c1-2-6-3-5(1)4-7-6/h1-2,5-7H,3-4H2/t5-,6-/m0/s1. The first-order chi connectivity index (χ1) is 3.45. The fraction of sp³-hybridized carbons (Fsp3) is 0.667. The van der Waals surface area contributed by atoms with Crippen molar-refractivity contribution in [3.63, 3.8) is 0 Å². The second kappa shape index (κ2) is 1.10. The molecule has 7 heavy (non-hydrogen) atoms. The lowest BCUT2D eigenvalue weighted by Gasteiger charge is -2.00. The molecule has 2 bridgehead atoms. The Morgan fingerprint density at radius 2 is 2.43 bits per heavy atom. The van der Waals surface area contributed by atoms with Crippen LogP contribution in [0.1, 0.15) is 6.42 Å². The van der Waals surface area contributed by atoms with Crippen molar-refractivity contribution in [3.05, 3.63) is 12.2 Å². The Kier molecular flexibility index (Phi) is 0.577. The second-order valence-electron chi connectivity index (χ2n) is 2.40. The van der Waals surface area contributed by atoms with E-state index < -0.39 is 0 Å². The molecule has 1 fully saturated rings. The van der Waals surface area contributed by atoms with E-state index >= 15 is 0 Å². The zero-order chi connectivity index (χ0) is 4.69. The maximum Gasteiger partial charge on any atom is 0.0256 e. The molecule has 0 aromatic carbocycles. The Morgan fingerprint density at radius 1 is 1.43 bits per heavy atom. The van der Waals surface area contributed by atoms with E-state index in [2.05, 4.69) is 17.5 Å². The summed E-state index contributed by atoms with van der Waals surface area (Å²) in [6.45, 7) is 1.22. The second-order valence-corrected chi connectivity index (χ2v) is 2.40. The molecular formula is C6H9N. The maximum absolute atomic E-state index is 3.37. The molecule has 1 saturated heterocycles. The molecule has 1 N–H and O–H groups in total. The van der Waals surface area contributed by atoms with Gasteiger partial charge in [-0.25, -0.2) is 0 Å². The Balaban J connectivity index is 2.27. The van der Waals surface area contributed by atoms with Crippen LogP contribution in [0.4, 0.5) is 0 Å². The van der Waals surface area contributed by atoms with Crippen LogP contribution in [0.5, 0.6) is 0 Å². The average Bonchev–Trinajstić information content (AvgIpc) is 2.22. The third-order valence-corrected chi connectivity index (χ3v) is 1.81. The van der Waals surface area contributed by atoms with E-state index in [1.54, 1.807) is 0 Å². The van der Waals surface area contributed by atoms with Gasteiger partial charge in [-0.3, -0.25) is 0 Å². The molecular weight excluding hydrogens is 86.1 g/mol. The van der Waals surface area contributed by atoms with Gasteiger partial charge in [0.15, 0.2) is 0 Å². The van der Waals surface area contributed by atoms with Crippen molar-refractivity contribution in [1.82, 2.24) is 5.32 Å². The van der Waals surface area contributed by atoms with Gasteiger partial charge in [0.25, 0.3) is 0 Å². The average molecular weight is 95.1 g/mol. The first-order valence-electron chi connectivity index (χ1n) is 2.87. The number of hydrogen-bond acceptors (Lipinski definition) is 1. The van der Waals surface area contributed by atoms with Gasteiger partial charge in [-0.15, -0.1) is 0 Å². The molecule has 1 aliphatic carbocycles. The number of fused-ring (bicyclic) bond motifs is 2. The summed E-state index contributed by atoms with van der Waals surface area (Å²) in [6, 6.07) is 0.741. The van der Waals surface area contributed by atoms with Crippen LogP contribution in [0, 0.1) is 5.92 Å². The Hall–Kier alpha value is -0.300. The van der Waals surface area contributed by atoms with Crippen molar-refractivity contribution in [2.24, 2.45) is 5.92 Å². The van der Waals surface area contributed by atoms with E-state index in [0.717, 1.165) is 12.0 Å². The van der Waals surface area contributed by atoms with Gasteiger partial charge < -0.3 is 5.32 Å². The molecule has 1 heteroatoms. The van der Waals surface area contributed by atoms with Gasteiger partial charge in [-0.1, -0.05) is 12.2 Å². The smallest absolute Gasteiger partial charge is 0.0256 e. The number of hydrogen-bond donors (Lipinski definition) is 1. The summed E-state index contributed by atoms with van der Waals surface area (Å²) in [5.41, 5.74) is 0. The third kappa shape index (κ3) is 0.416. The van der Waals surface area contributed by atoms with Crippen LogP contribution in [-0.4, -0.2) is 12.6 Å². The van der Waals surface area contributed by atoms with Gasteiger partial charge in [0.2, 0.25) is 0 Å². The molecule has 2 atom stereocenters. The van der Waals surface area contributed by atoms with Crippen molar-refractivity contribution in [2.45, 2.75) is 12.5 Å². The van der Waals surface area contributed by atoms with Gasteiger partial charge in [-0.2, -0.15) is 0 Å². The summed E-state index contributed by atoms with van der Waals surface area (Å²) >= 11 is 0. The minimum atomic E-state index is 0.741. The lowest BCUT2D eigenvalue weighted by Crippen LogP contribution is -2.20. The third-order valence-electron chi connectivity index (χ3n) is 1.81. The van der Waals surface area contributed by atoms with E-state index in [0.29, 0.717) is 0 Å². The summed E-state index contributed by atoms with van der Waals surface area (Å²) in [6.07, 6.45) is 5.95. The van der Waals surface area contributed by atoms with Crippen molar-refractivity contribution in [3.8, 4) is 0 Å². The largest absolute Gasteiger partial charge is 0.310 e. The van der Waals surface area contributed by atoms with E-state index in [-0.39, 0.29) is 0 Å². The fourth-order valence-corrected chi connectivity index (χ4v) is 1.38. The zero-order valence-corrected chi connectivity index (χ0v) is 4.22. The molecule has 2 rings (SSSR count). The molecule has 0 saturated carbocycles. The predicted molar refractivity (Wildman–Crippen MR) is 29.0 cm³/mol. The lowest BCUT2D eigenvalue weighted by molar-refractivity contribution is 0.714. The molecule has 0 radical (unpaired) electrons. The highest BCUT2D eigenvalue weighted by Gasteiger charge is 2.24. The maximum atomic E-state index is 3.37. The molecule has 0 aromatic rings.